The first-order valence-electron chi connectivity index (χ1n) is 6.24. The Bertz CT molecular complexity index is 443. The molecule has 2 N–H and O–H groups in total. The van der Waals surface area contributed by atoms with E-state index in [9.17, 15) is 9.59 Å². The number of amides is 1. The third-order valence-corrected chi connectivity index (χ3v) is 2.66. The van der Waals surface area contributed by atoms with Crippen molar-refractivity contribution in [3.05, 3.63) is 29.8 Å². The van der Waals surface area contributed by atoms with Crippen LogP contribution < -0.4 is 10.1 Å². The Hall–Kier alpha value is -2.08. The molecule has 1 aromatic rings. The van der Waals surface area contributed by atoms with E-state index >= 15 is 0 Å². The molecule has 110 valence electrons. The van der Waals surface area contributed by atoms with Gasteiger partial charge in [-0.15, -0.1) is 0 Å². The quantitative estimate of drug-likeness (QED) is 0.742. The van der Waals surface area contributed by atoms with Crippen LogP contribution in [0.3, 0.4) is 0 Å². The van der Waals surface area contributed by atoms with Crippen LogP contribution in [0, 0.1) is 6.92 Å². The molecule has 0 spiro atoms. The van der Waals surface area contributed by atoms with Crippen LogP contribution in [0.25, 0.3) is 0 Å². The smallest absolute Gasteiger partial charge is 0.334 e. The zero-order valence-corrected chi connectivity index (χ0v) is 11.6. The van der Waals surface area contributed by atoms with Crippen molar-refractivity contribution in [1.29, 1.82) is 0 Å². The van der Waals surface area contributed by atoms with E-state index < -0.39 is 12.1 Å². The lowest BCUT2D eigenvalue weighted by atomic mass is 10.2. The van der Waals surface area contributed by atoms with Gasteiger partial charge < -0.3 is 19.9 Å². The van der Waals surface area contributed by atoms with E-state index in [1.807, 2.05) is 31.2 Å². The van der Waals surface area contributed by atoms with Gasteiger partial charge in [0, 0.05) is 7.11 Å². The Kier molecular flexibility index (Phi) is 6.52. The topological polar surface area (TPSA) is 84.9 Å². The molecule has 1 aromatic carbocycles. The average molecular weight is 281 g/mol. The molecule has 0 saturated carbocycles. The lowest BCUT2D eigenvalue weighted by Gasteiger charge is -2.11. The van der Waals surface area contributed by atoms with Crippen molar-refractivity contribution in [2.75, 3.05) is 20.3 Å². The van der Waals surface area contributed by atoms with Gasteiger partial charge in [-0.2, -0.15) is 0 Å². The summed E-state index contributed by atoms with van der Waals surface area (Å²) >= 11 is 0. The second-order valence-corrected chi connectivity index (χ2v) is 4.28. The number of rotatable bonds is 8. The number of aryl methyl sites for hydroxylation is 1. The number of carboxylic acids is 1. The molecule has 1 rings (SSSR count). The van der Waals surface area contributed by atoms with Gasteiger partial charge in [-0.1, -0.05) is 17.7 Å². The van der Waals surface area contributed by atoms with E-state index in [2.05, 4.69) is 5.32 Å². The minimum absolute atomic E-state index is 0.0603. The molecule has 0 aliphatic carbocycles. The fraction of sp³-hybridized carbons (Fsp3) is 0.429. The molecule has 1 amide bonds. The van der Waals surface area contributed by atoms with Crippen molar-refractivity contribution < 1.29 is 24.2 Å². The fourth-order valence-corrected chi connectivity index (χ4v) is 1.46. The summed E-state index contributed by atoms with van der Waals surface area (Å²) in [6.07, 6.45) is -0.874. The number of hydrogen-bond donors (Lipinski definition) is 2. The van der Waals surface area contributed by atoms with Crippen molar-refractivity contribution in [3.8, 4) is 5.75 Å². The van der Waals surface area contributed by atoms with Gasteiger partial charge in [0.15, 0.2) is 6.10 Å². The fourth-order valence-electron chi connectivity index (χ4n) is 1.46. The highest BCUT2D eigenvalue weighted by atomic mass is 16.5. The first-order valence-corrected chi connectivity index (χ1v) is 6.24. The summed E-state index contributed by atoms with van der Waals surface area (Å²) in [6, 6.07) is 7.51. The molecule has 0 fully saturated rings. The molecule has 0 saturated heterocycles. The van der Waals surface area contributed by atoms with E-state index in [0.717, 1.165) is 5.56 Å². The summed E-state index contributed by atoms with van der Waals surface area (Å²) < 4.78 is 10.1. The van der Waals surface area contributed by atoms with Gasteiger partial charge in [0.25, 0.3) is 0 Å². The second kappa shape index (κ2) is 8.16. The standard InChI is InChI=1S/C14H19NO5/c1-10-3-5-11(6-4-10)20-8-7-13(16)15-9-12(19-2)14(17)18/h3-6,12H,7-9H2,1-2H3,(H,15,16)(H,17,18). The lowest BCUT2D eigenvalue weighted by Crippen LogP contribution is -2.38. The first kappa shape index (κ1) is 16.0. The summed E-state index contributed by atoms with van der Waals surface area (Å²) in [5.41, 5.74) is 1.13. The maximum atomic E-state index is 11.5. The molecule has 0 heterocycles. The molecular formula is C14H19NO5. The number of carbonyl (C=O) groups excluding carboxylic acids is 1. The normalized spacial score (nSPS) is 11.7. The summed E-state index contributed by atoms with van der Waals surface area (Å²) in [4.78, 5) is 22.2. The van der Waals surface area contributed by atoms with Crippen LogP contribution in [0.15, 0.2) is 24.3 Å². The van der Waals surface area contributed by atoms with E-state index in [4.69, 9.17) is 14.6 Å². The van der Waals surface area contributed by atoms with Crippen LogP contribution in [0.5, 0.6) is 5.75 Å². The first-order chi connectivity index (χ1) is 9.52. The Labute approximate surface area is 117 Å². The van der Waals surface area contributed by atoms with E-state index in [1.165, 1.54) is 7.11 Å². The number of nitrogens with one attached hydrogen (secondary N) is 1. The minimum Gasteiger partial charge on any atom is -0.493 e. The highest BCUT2D eigenvalue weighted by Crippen LogP contribution is 2.11. The van der Waals surface area contributed by atoms with Gasteiger partial charge in [-0.05, 0) is 19.1 Å². The van der Waals surface area contributed by atoms with Crippen molar-refractivity contribution in [3.63, 3.8) is 0 Å². The third-order valence-electron chi connectivity index (χ3n) is 2.66. The van der Waals surface area contributed by atoms with E-state index in [0.29, 0.717) is 5.75 Å². The van der Waals surface area contributed by atoms with E-state index in [1.54, 1.807) is 0 Å². The maximum absolute atomic E-state index is 11.5. The van der Waals surface area contributed by atoms with Crippen molar-refractivity contribution in [1.82, 2.24) is 5.32 Å². The molecule has 0 aliphatic rings. The predicted molar refractivity (Wildman–Crippen MR) is 72.7 cm³/mol. The Morgan fingerprint density at radius 2 is 1.95 bits per heavy atom. The monoisotopic (exact) mass is 281 g/mol. The van der Waals surface area contributed by atoms with Crippen molar-refractivity contribution in [2.45, 2.75) is 19.4 Å². The molecule has 20 heavy (non-hydrogen) atoms. The summed E-state index contributed by atoms with van der Waals surface area (Å²) in [5, 5.41) is 11.2. The van der Waals surface area contributed by atoms with Gasteiger partial charge in [0.2, 0.25) is 5.91 Å². The van der Waals surface area contributed by atoms with Crippen LogP contribution in [-0.4, -0.2) is 43.3 Å². The van der Waals surface area contributed by atoms with Crippen molar-refractivity contribution in [2.24, 2.45) is 0 Å². The maximum Gasteiger partial charge on any atom is 0.334 e. The predicted octanol–water partition coefficient (Wildman–Crippen LogP) is 0.980. The van der Waals surface area contributed by atoms with E-state index in [-0.39, 0.29) is 25.5 Å². The average Bonchev–Trinajstić information content (AvgIpc) is 2.41. The summed E-state index contributed by atoms with van der Waals surface area (Å²) in [5.74, 6) is -0.687. The molecule has 6 nitrogen and oxygen atoms in total. The van der Waals surface area contributed by atoms with Gasteiger partial charge in [0.1, 0.15) is 5.75 Å². The highest BCUT2D eigenvalue weighted by Gasteiger charge is 2.16. The van der Waals surface area contributed by atoms with Crippen molar-refractivity contribution >= 4 is 11.9 Å². The van der Waals surface area contributed by atoms with Gasteiger partial charge in [-0.3, -0.25) is 4.79 Å². The lowest BCUT2D eigenvalue weighted by molar-refractivity contribution is -0.148. The SMILES string of the molecule is COC(CNC(=O)CCOc1ccc(C)cc1)C(=O)O. The molecule has 0 bridgehead atoms. The van der Waals surface area contributed by atoms with Crippen LogP contribution in [0.2, 0.25) is 0 Å². The zero-order valence-electron chi connectivity index (χ0n) is 11.6. The zero-order chi connectivity index (χ0) is 15.0. The number of ether oxygens (including phenoxy) is 2. The number of carbonyl (C=O) groups is 2. The molecule has 0 aromatic heterocycles. The molecule has 0 aliphatic heterocycles. The molecule has 6 heteroatoms. The highest BCUT2D eigenvalue weighted by molar-refractivity contribution is 5.78. The van der Waals surface area contributed by atoms with Crippen LogP contribution >= 0.6 is 0 Å². The summed E-state index contributed by atoms with van der Waals surface area (Å²) in [6.45, 7) is 2.15. The molecule has 0 radical (unpaired) electrons. The largest absolute Gasteiger partial charge is 0.493 e. The third kappa shape index (κ3) is 5.71. The van der Waals surface area contributed by atoms with Crippen LogP contribution in [-0.2, 0) is 14.3 Å². The number of benzene rings is 1. The molecular weight excluding hydrogens is 262 g/mol. The van der Waals surface area contributed by atoms with Crippen LogP contribution in [0.1, 0.15) is 12.0 Å². The number of aliphatic carboxylic acids is 1. The minimum atomic E-state index is -1.11. The number of methoxy groups -OCH3 is 1. The molecule has 1 unspecified atom stereocenters. The number of carboxylic acid groups (broad SMARTS) is 1. The van der Waals surface area contributed by atoms with Gasteiger partial charge in [0.05, 0.1) is 19.6 Å². The second-order valence-electron chi connectivity index (χ2n) is 4.28. The van der Waals surface area contributed by atoms with Gasteiger partial charge >= 0.3 is 5.97 Å². The van der Waals surface area contributed by atoms with Gasteiger partial charge in [-0.25, -0.2) is 4.79 Å². The Balaban J connectivity index is 2.23. The Morgan fingerprint density at radius 3 is 2.50 bits per heavy atom. The number of hydrogen-bond acceptors (Lipinski definition) is 4. The van der Waals surface area contributed by atoms with Crippen LogP contribution in [0.4, 0.5) is 0 Å². The molecule has 1 atom stereocenters. The summed E-state index contributed by atoms with van der Waals surface area (Å²) in [7, 11) is 1.28. The Morgan fingerprint density at radius 1 is 1.30 bits per heavy atom.